The van der Waals surface area contributed by atoms with Gasteiger partial charge in [-0.3, -0.25) is 0 Å². The summed E-state index contributed by atoms with van der Waals surface area (Å²) in [5, 5.41) is 11.1. The molecule has 0 unspecified atom stereocenters. The van der Waals surface area contributed by atoms with E-state index in [1.54, 1.807) is 6.92 Å². The van der Waals surface area contributed by atoms with Gasteiger partial charge in [-0.1, -0.05) is 6.07 Å². The number of carboxylic acids is 1. The summed E-state index contributed by atoms with van der Waals surface area (Å²) in [5.41, 5.74) is -0.233. The predicted molar refractivity (Wildman–Crippen MR) is 67.7 cm³/mol. The lowest BCUT2D eigenvalue weighted by Crippen LogP contribution is -2.04. The second-order valence-corrected chi connectivity index (χ2v) is 4.20. The molecule has 0 fully saturated rings. The highest BCUT2D eigenvalue weighted by Gasteiger charge is 2.15. The molecule has 0 aliphatic carbocycles. The lowest BCUT2D eigenvalue weighted by atomic mass is 10.1. The van der Waals surface area contributed by atoms with Crippen LogP contribution in [0.4, 0.5) is 24.5 Å². The molecule has 0 amide bonds. The molecule has 0 heterocycles. The van der Waals surface area contributed by atoms with E-state index in [0.29, 0.717) is 17.7 Å². The van der Waals surface area contributed by atoms with E-state index < -0.39 is 34.7 Å². The molecule has 0 aliphatic rings. The van der Waals surface area contributed by atoms with Crippen molar-refractivity contribution in [1.82, 2.24) is 0 Å². The topological polar surface area (TPSA) is 49.3 Å². The van der Waals surface area contributed by atoms with Gasteiger partial charge in [0, 0.05) is 5.69 Å². The van der Waals surface area contributed by atoms with Crippen LogP contribution in [0.1, 0.15) is 15.9 Å². The number of carboxylic acid groups (broad SMARTS) is 1. The van der Waals surface area contributed by atoms with E-state index in [2.05, 4.69) is 5.32 Å². The summed E-state index contributed by atoms with van der Waals surface area (Å²) in [6.07, 6.45) is 0. The summed E-state index contributed by atoms with van der Waals surface area (Å²) in [7, 11) is 0. The molecule has 3 nitrogen and oxygen atoms in total. The van der Waals surface area contributed by atoms with Gasteiger partial charge in [0.1, 0.15) is 11.5 Å². The lowest BCUT2D eigenvalue weighted by molar-refractivity contribution is 0.0696. The van der Waals surface area contributed by atoms with Gasteiger partial charge in [0.05, 0.1) is 5.56 Å². The Morgan fingerprint density at radius 3 is 2.25 bits per heavy atom. The highest BCUT2D eigenvalue weighted by molar-refractivity contribution is 5.88. The van der Waals surface area contributed by atoms with Crippen molar-refractivity contribution >= 4 is 17.3 Å². The van der Waals surface area contributed by atoms with Crippen molar-refractivity contribution in [2.45, 2.75) is 6.92 Å². The van der Waals surface area contributed by atoms with Crippen molar-refractivity contribution in [3.05, 3.63) is 58.9 Å². The monoisotopic (exact) mass is 281 g/mol. The van der Waals surface area contributed by atoms with Crippen LogP contribution in [0.2, 0.25) is 0 Å². The number of aromatic carboxylic acids is 1. The van der Waals surface area contributed by atoms with E-state index in [0.717, 1.165) is 6.07 Å². The zero-order valence-corrected chi connectivity index (χ0v) is 10.4. The normalized spacial score (nSPS) is 10.4. The van der Waals surface area contributed by atoms with Crippen molar-refractivity contribution < 1.29 is 23.1 Å². The van der Waals surface area contributed by atoms with E-state index in [1.165, 1.54) is 12.1 Å². The van der Waals surface area contributed by atoms with Gasteiger partial charge >= 0.3 is 5.97 Å². The summed E-state index contributed by atoms with van der Waals surface area (Å²) in [6, 6.07) is 5.17. The Bertz CT molecular complexity index is 663. The van der Waals surface area contributed by atoms with E-state index in [4.69, 9.17) is 5.11 Å². The van der Waals surface area contributed by atoms with Crippen LogP contribution >= 0.6 is 0 Å². The number of anilines is 2. The third-order valence-corrected chi connectivity index (χ3v) is 2.75. The first-order chi connectivity index (χ1) is 9.38. The maximum Gasteiger partial charge on any atom is 0.335 e. The van der Waals surface area contributed by atoms with Crippen LogP contribution in [-0.2, 0) is 0 Å². The van der Waals surface area contributed by atoms with Crippen LogP contribution in [0.15, 0.2) is 30.3 Å². The third kappa shape index (κ3) is 2.74. The maximum absolute atomic E-state index is 13.7. The van der Waals surface area contributed by atoms with Gasteiger partial charge in [-0.05, 0) is 36.8 Å². The molecule has 0 radical (unpaired) electrons. The second-order valence-electron chi connectivity index (χ2n) is 4.20. The molecule has 104 valence electrons. The van der Waals surface area contributed by atoms with Gasteiger partial charge in [0.15, 0.2) is 11.6 Å². The van der Waals surface area contributed by atoms with Crippen LogP contribution < -0.4 is 5.32 Å². The quantitative estimate of drug-likeness (QED) is 0.898. The average molecular weight is 281 g/mol. The summed E-state index contributed by atoms with van der Waals surface area (Å²) in [5.74, 6) is -4.12. The number of carbonyl (C=O) groups is 1. The molecule has 6 heteroatoms. The van der Waals surface area contributed by atoms with Crippen LogP contribution in [0.3, 0.4) is 0 Å². The molecule has 0 aromatic heterocycles. The Kier molecular flexibility index (Phi) is 3.65. The SMILES string of the molecule is Cc1ccc(F)cc1Nc1c(F)cc(C(=O)O)cc1F. The minimum atomic E-state index is -1.43. The first-order valence-corrected chi connectivity index (χ1v) is 5.64. The number of rotatable bonds is 3. The van der Waals surface area contributed by atoms with Crippen LogP contribution in [0.25, 0.3) is 0 Å². The molecule has 20 heavy (non-hydrogen) atoms. The van der Waals surface area contributed by atoms with Crippen molar-refractivity contribution in [2.75, 3.05) is 5.32 Å². The molecule has 2 aromatic rings. The Balaban J connectivity index is 2.44. The third-order valence-electron chi connectivity index (χ3n) is 2.75. The Hall–Kier alpha value is -2.50. The van der Waals surface area contributed by atoms with E-state index >= 15 is 0 Å². The number of aryl methyl sites for hydroxylation is 1. The van der Waals surface area contributed by atoms with Crippen molar-refractivity contribution in [3.8, 4) is 0 Å². The fourth-order valence-corrected chi connectivity index (χ4v) is 1.68. The first-order valence-electron chi connectivity index (χ1n) is 5.64. The molecule has 2 rings (SSSR count). The molecule has 0 saturated carbocycles. The van der Waals surface area contributed by atoms with Gasteiger partial charge in [-0.15, -0.1) is 0 Å². The average Bonchev–Trinajstić information content (AvgIpc) is 2.37. The van der Waals surface area contributed by atoms with Gasteiger partial charge in [-0.2, -0.15) is 0 Å². The Morgan fingerprint density at radius 2 is 1.70 bits per heavy atom. The van der Waals surface area contributed by atoms with Crippen molar-refractivity contribution in [2.24, 2.45) is 0 Å². The lowest BCUT2D eigenvalue weighted by Gasteiger charge is -2.12. The fourth-order valence-electron chi connectivity index (χ4n) is 1.68. The molecule has 2 aromatic carbocycles. The van der Waals surface area contributed by atoms with Gasteiger partial charge < -0.3 is 10.4 Å². The standard InChI is InChI=1S/C14H10F3NO2/c1-7-2-3-9(15)6-12(7)18-13-10(16)4-8(14(19)20)5-11(13)17/h2-6,18H,1H3,(H,19,20). The van der Waals surface area contributed by atoms with Gasteiger partial charge in [0.25, 0.3) is 0 Å². The summed E-state index contributed by atoms with van der Waals surface area (Å²) < 4.78 is 40.6. The van der Waals surface area contributed by atoms with Crippen LogP contribution in [-0.4, -0.2) is 11.1 Å². The summed E-state index contributed by atoms with van der Waals surface area (Å²) >= 11 is 0. The van der Waals surface area contributed by atoms with Crippen molar-refractivity contribution in [1.29, 1.82) is 0 Å². The predicted octanol–water partition coefficient (Wildman–Crippen LogP) is 3.85. The molecule has 0 atom stereocenters. The summed E-state index contributed by atoms with van der Waals surface area (Å²) in [4.78, 5) is 10.7. The Morgan fingerprint density at radius 1 is 1.10 bits per heavy atom. The smallest absolute Gasteiger partial charge is 0.335 e. The molecule has 0 saturated heterocycles. The zero-order valence-electron chi connectivity index (χ0n) is 10.4. The molecule has 2 N–H and O–H groups in total. The largest absolute Gasteiger partial charge is 0.478 e. The second kappa shape index (κ2) is 5.24. The van der Waals surface area contributed by atoms with E-state index in [-0.39, 0.29) is 5.69 Å². The highest BCUT2D eigenvalue weighted by atomic mass is 19.1. The molecular weight excluding hydrogens is 271 g/mol. The maximum atomic E-state index is 13.7. The minimum absolute atomic E-state index is 0.200. The van der Waals surface area contributed by atoms with Gasteiger partial charge in [0.2, 0.25) is 0 Å². The first kappa shape index (κ1) is 13.9. The number of hydrogen-bond acceptors (Lipinski definition) is 2. The van der Waals surface area contributed by atoms with E-state index in [9.17, 15) is 18.0 Å². The Labute approximate surface area is 112 Å². The summed E-state index contributed by atoms with van der Waals surface area (Å²) in [6.45, 7) is 1.64. The number of benzene rings is 2. The van der Waals surface area contributed by atoms with Gasteiger partial charge in [-0.25, -0.2) is 18.0 Å². The highest BCUT2D eigenvalue weighted by Crippen LogP contribution is 2.27. The molecule has 0 spiro atoms. The number of nitrogens with one attached hydrogen (secondary N) is 1. The molecular formula is C14H10F3NO2. The number of hydrogen-bond donors (Lipinski definition) is 2. The van der Waals surface area contributed by atoms with Crippen molar-refractivity contribution in [3.63, 3.8) is 0 Å². The fraction of sp³-hybridized carbons (Fsp3) is 0.0714. The molecule has 0 bridgehead atoms. The van der Waals surface area contributed by atoms with Crippen LogP contribution in [0.5, 0.6) is 0 Å². The molecule has 0 aliphatic heterocycles. The minimum Gasteiger partial charge on any atom is -0.478 e. The zero-order chi connectivity index (χ0) is 14.9. The number of halogens is 3. The van der Waals surface area contributed by atoms with E-state index in [1.807, 2.05) is 0 Å². The van der Waals surface area contributed by atoms with Crippen LogP contribution in [0, 0.1) is 24.4 Å².